The van der Waals surface area contributed by atoms with E-state index in [0.717, 1.165) is 0 Å². The van der Waals surface area contributed by atoms with Crippen LogP contribution in [0.3, 0.4) is 0 Å². The normalized spacial score (nSPS) is 15.2. The minimum absolute atomic E-state index is 0.0409. The van der Waals surface area contributed by atoms with Crippen molar-refractivity contribution in [2.75, 3.05) is 20.1 Å². The van der Waals surface area contributed by atoms with Crippen LogP contribution in [0.1, 0.15) is 47.5 Å². The molecule has 0 saturated heterocycles. The van der Waals surface area contributed by atoms with Crippen LogP contribution >= 0.6 is 0 Å². The Labute approximate surface area is 261 Å². The van der Waals surface area contributed by atoms with Gasteiger partial charge in [-0.15, -0.1) is 0 Å². The van der Waals surface area contributed by atoms with Crippen molar-refractivity contribution in [2.45, 2.75) is 89.9 Å². The maximum atomic E-state index is 12.8. The van der Waals surface area contributed by atoms with Crippen molar-refractivity contribution in [3.8, 4) is 0 Å². The number of aliphatic imine (C=N–C) groups is 1. The van der Waals surface area contributed by atoms with Crippen LogP contribution in [0.25, 0.3) is 0 Å². The predicted molar refractivity (Wildman–Crippen MR) is 163 cm³/mol. The molecule has 0 radical (unpaired) electrons. The number of hydrogen-bond acceptors (Lipinski definition) is 11. The zero-order valence-electron chi connectivity index (χ0n) is 26.4. The first-order valence-electron chi connectivity index (χ1n) is 14.2. The van der Waals surface area contributed by atoms with Crippen molar-refractivity contribution in [1.29, 1.82) is 0 Å². The third-order valence-electron chi connectivity index (χ3n) is 6.22. The molecule has 6 amide bonds. The van der Waals surface area contributed by atoms with E-state index in [-0.39, 0.29) is 25.5 Å². The smallest absolute Gasteiger partial charge is 0.257 e. The van der Waals surface area contributed by atoms with Gasteiger partial charge in [0.15, 0.2) is 12.1 Å². The lowest BCUT2D eigenvalue weighted by molar-refractivity contribution is -0.134. The van der Waals surface area contributed by atoms with Crippen molar-refractivity contribution in [3.63, 3.8) is 0 Å². The van der Waals surface area contributed by atoms with E-state index in [0.29, 0.717) is 19.0 Å². The van der Waals surface area contributed by atoms with Crippen molar-refractivity contribution in [2.24, 2.45) is 16.5 Å². The predicted octanol–water partition coefficient (Wildman–Crippen LogP) is -5.42. The Bertz CT molecular complexity index is 1080. The van der Waals surface area contributed by atoms with Gasteiger partial charge in [-0.05, 0) is 47.5 Å². The Hall–Kier alpha value is -4.65. The third kappa shape index (κ3) is 16.1. The number of guanidine groups is 1. The topological polar surface area (TPSA) is 297 Å². The average Bonchev–Trinajstić information content (AvgIpc) is 2.99. The highest BCUT2D eigenvalue weighted by atomic mass is 16.2. The zero-order valence-corrected chi connectivity index (χ0v) is 26.4. The van der Waals surface area contributed by atoms with E-state index in [4.69, 9.17) is 11.5 Å². The number of likely N-dealkylation sites (N-methyl/N-ethyl adjacent to an activating group) is 1. The second kappa shape index (κ2) is 21.1. The highest BCUT2D eigenvalue weighted by Crippen LogP contribution is 1.98. The Balaban J connectivity index is 4.98. The summed E-state index contributed by atoms with van der Waals surface area (Å²) in [5.41, 5.74) is 10.5. The molecule has 7 atom stereocenters. The molecule has 0 aromatic rings. The summed E-state index contributed by atoms with van der Waals surface area (Å²) >= 11 is 0. The first kappa shape index (κ1) is 40.4. The van der Waals surface area contributed by atoms with Gasteiger partial charge in [0.1, 0.15) is 36.7 Å². The molecule has 0 fully saturated rings. The number of nitrogens with two attached hydrogens (primary N) is 2. The fraction of sp³-hybridized carbons (Fsp3) is 0.654. The molecular weight excluding hydrogens is 594 g/mol. The van der Waals surface area contributed by atoms with E-state index in [9.17, 15) is 38.4 Å². The SMILES string of the molecule is CNC(=O)[C@@H](NC(=O)[C@H](C)NC(=O)[C@H](C)NC(=O)[C@H](C)NC(=O)[C@H](C)NC(=O)[C@@H](C)NCC=O)N[C@@H](C=O)CCCN=C(N)N. The Morgan fingerprint density at radius 1 is 0.667 bits per heavy atom. The molecule has 0 aliphatic heterocycles. The van der Waals surface area contributed by atoms with Gasteiger partial charge in [-0.25, -0.2) is 0 Å². The number of carbonyl (C=O) groups excluding carboxylic acids is 8. The number of aldehydes is 2. The fourth-order valence-electron chi connectivity index (χ4n) is 3.45. The highest BCUT2D eigenvalue weighted by molar-refractivity contribution is 5.96. The van der Waals surface area contributed by atoms with E-state index >= 15 is 0 Å². The molecule has 0 unspecified atom stereocenters. The van der Waals surface area contributed by atoms with Gasteiger partial charge >= 0.3 is 0 Å². The van der Waals surface area contributed by atoms with Gasteiger partial charge in [0.25, 0.3) is 5.91 Å². The van der Waals surface area contributed by atoms with Gasteiger partial charge in [-0.2, -0.15) is 0 Å². The molecular formula is C26H47N11O8. The number of amides is 6. The number of hydrogen-bond donors (Lipinski definition) is 10. The molecule has 19 heteroatoms. The first-order valence-corrected chi connectivity index (χ1v) is 14.2. The molecule has 0 aliphatic rings. The molecule has 19 nitrogen and oxygen atoms in total. The van der Waals surface area contributed by atoms with Gasteiger partial charge in [0.05, 0.1) is 18.6 Å². The minimum Gasteiger partial charge on any atom is -0.370 e. The quantitative estimate of drug-likeness (QED) is 0.0185. The maximum absolute atomic E-state index is 12.8. The molecule has 0 aliphatic carbocycles. The summed E-state index contributed by atoms with van der Waals surface area (Å²) in [6.07, 6.45) is 0.523. The standard InChI is InChI=1S/C26H47N11O8/c1-13(30-10-11-38)20(40)32-14(2)21(41)33-15(3)22(42)34-16(4)23(43)35-17(5)24(44)37-19(25(45)29-6)36-18(12-39)8-7-9-31-26(27)28/h11-19,30,36H,7-10H2,1-6H3,(H,29,45)(H,32,40)(H,33,41)(H,34,42)(H,35,43)(H,37,44)(H4,27,28,31)/t13-,14+,15+,16+,17+,18-,19-/m1/s1. The van der Waals surface area contributed by atoms with E-state index in [1.165, 1.54) is 41.7 Å². The third-order valence-corrected chi connectivity index (χ3v) is 6.22. The number of nitrogens with one attached hydrogen (secondary N) is 8. The number of carbonyl (C=O) groups is 8. The maximum Gasteiger partial charge on any atom is 0.257 e. The molecule has 254 valence electrons. The van der Waals surface area contributed by atoms with E-state index in [1.807, 2.05) is 0 Å². The lowest BCUT2D eigenvalue weighted by atomic mass is 10.1. The van der Waals surface area contributed by atoms with E-state index in [1.54, 1.807) is 0 Å². The summed E-state index contributed by atoms with van der Waals surface area (Å²) in [6, 6.07) is -5.95. The number of nitrogens with zero attached hydrogens (tertiary/aromatic N) is 1. The number of rotatable bonds is 21. The molecule has 0 rings (SSSR count). The van der Waals surface area contributed by atoms with Crippen LogP contribution in [0.2, 0.25) is 0 Å². The van der Waals surface area contributed by atoms with Crippen LogP contribution in [0, 0.1) is 0 Å². The summed E-state index contributed by atoms with van der Waals surface area (Å²) in [5, 5.41) is 19.9. The lowest BCUT2D eigenvalue weighted by Crippen LogP contribution is -2.61. The Morgan fingerprint density at radius 2 is 1.09 bits per heavy atom. The Morgan fingerprint density at radius 3 is 1.47 bits per heavy atom. The van der Waals surface area contributed by atoms with Crippen molar-refractivity contribution in [3.05, 3.63) is 0 Å². The first-order chi connectivity index (χ1) is 21.1. The van der Waals surface area contributed by atoms with Gasteiger partial charge in [0, 0.05) is 13.6 Å². The van der Waals surface area contributed by atoms with Crippen LogP contribution < -0.4 is 54.0 Å². The summed E-state index contributed by atoms with van der Waals surface area (Å²) in [4.78, 5) is 101. The van der Waals surface area contributed by atoms with Crippen LogP contribution in [0.15, 0.2) is 4.99 Å². The monoisotopic (exact) mass is 641 g/mol. The Kier molecular flexibility index (Phi) is 18.9. The molecule has 12 N–H and O–H groups in total. The summed E-state index contributed by atoms with van der Waals surface area (Å²) in [7, 11) is 1.34. The molecule has 0 saturated carbocycles. The largest absolute Gasteiger partial charge is 0.370 e. The van der Waals surface area contributed by atoms with Crippen molar-refractivity contribution >= 4 is 54.0 Å². The fourth-order valence-corrected chi connectivity index (χ4v) is 3.45. The zero-order chi connectivity index (χ0) is 34.7. The van der Waals surface area contributed by atoms with Gasteiger partial charge in [0.2, 0.25) is 29.5 Å². The highest BCUT2D eigenvalue weighted by Gasteiger charge is 2.28. The molecule has 0 bridgehead atoms. The summed E-state index contributed by atoms with van der Waals surface area (Å²) < 4.78 is 0. The molecule has 0 heterocycles. The van der Waals surface area contributed by atoms with E-state index in [2.05, 4.69) is 47.5 Å². The summed E-state index contributed by atoms with van der Waals surface area (Å²) in [5.74, 6) is -4.16. The van der Waals surface area contributed by atoms with Gasteiger partial charge in [-0.1, -0.05) is 0 Å². The second-order valence-corrected chi connectivity index (χ2v) is 10.1. The van der Waals surface area contributed by atoms with Crippen LogP contribution in [-0.4, -0.2) is 117 Å². The molecule has 0 spiro atoms. The van der Waals surface area contributed by atoms with Crippen molar-refractivity contribution < 1.29 is 38.4 Å². The summed E-state index contributed by atoms with van der Waals surface area (Å²) in [6.45, 7) is 7.21. The minimum atomic E-state index is -1.32. The second-order valence-electron chi connectivity index (χ2n) is 10.1. The lowest BCUT2D eigenvalue weighted by Gasteiger charge is -2.25. The average molecular weight is 642 g/mol. The van der Waals surface area contributed by atoms with Crippen LogP contribution in [-0.2, 0) is 38.4 Å². The molecule has 45 heavy (non-hydrogen) atoms. The molecule has 0 aromatic heterocycles. The van der Waals surface area contributed by atoms with Crippen LogP contribution in [0.5, 0.6) is 0 Å². The van der Waals surface area contributed by atoms with Gasteiger partial charge in [-0.3, -0.25) is 44.4 Å². The van der Waals surface area contributed by atoms with Crippen LogP contribution in [0.4, 0.5) is 0 Å². The van der Waals surface area contributed by atoms with E-state index < -0.39 is 77.9 Å². The van der Waals surface area contributed by atoms with Crippen molar-refractivity contribution in [1.82, 2.24) is 42.5 Å². The van der Waals surface area contributed by atoms with Gasteiger partial charge < -0.3 is 53.0 Å². The molecule has 0 aromatic carbocycles.